The van der Waals surface area contributed by atoms with Crippen LogP contribution >= 0.6 is 0 Å². The van der Waals surface area contributed by atoms with E-state index >= 15 is 0 Å². The largest absolute Gasteiger partial charge is 0.469 e. The third kappa shape index (κ3) is 6.63. The summed E-state index contributed by atoms with van der Waals surface area (Å²) in [7, 11) is -2.82. The molecule has 2 aromatic carbocycles. The number of methoxy groups -OCH3 is 1. The molecule has 5 nitrogen and oxygen atoms in total. The van der Waals surface area contributed by atoms with Crippen LogP contribution in [-0.4, -0.2) is 42.5 Å². The van der Waals surface area contributed by atoms with E-state index in [4.69, 9.17) is 9.16 Å². The molecule has 0 spiro atoms. The summed E-state index contributed by atoms with van der Waals surface area (Å²) in [5, 5.41) is 2.11. The van der Waals surface area contributed by atoms with E-state index in [-0.39, 0.29) is 17.4 Å². The number of hydrogen-bond donors (Lipinski definition) is 1. The topological polar surface area (TPSA) is 64.6 Å². The second-order valence-electron chi connectivity index (χ2n) is 10.4. The van der Waals surface area contributed by atoms with Crippen LogP contribution in [0.3, 0.4) is 0 Å². The van der Waals surface area contributed by atoms with Crippen molar-refractivity contribution in [3.05, 3.63) is 60.7 Å². The van der Waals surface area contributed by atoms with Crippen molar-refractivity contribution >= 4 is 35.6 Å². The molecule has 0 unspecified atom stereocenters. The Balaban J connectivity index is 2.59. The number of rotatable bonds is 9. The Bertz CT molecular complexity index is 883. The minimum Gasteiger partial charge on any atom is -0.469 e. The van der Waals surface area contributed by atoms with Crippen molar-refractivity contribution in [2.75, 3.05) is 7.11 Å². The van der Waals surface area contributed by atoms with Crippen molar-refractivity contribution in [3.8, 4) is 0 Å². The molecule has 7 heteroatoms. The zero-order valence-corrected chi connectivity index (χ0v) is 23.0. The number of carbonyl (C=O) groups is 1. The number of ether oxygens (including phenoxy) is 1. The third-order valence-corrected chi connectivity index (χ3v) is 12.5. The Hall–Kier alpha value is -1.80. The molecule has 3 atom stereocenters. The van der Waals surface area contributed by atoms with E-state index in [0.29, 0.717) is 0 Å². The van der Waals surface area contributed by atoms with Gasteiger partial charge >= 0.3 is 5.97 Å². The number of hydrogen-bond acceptors (Lipinski definition) is 4. The summed E-state index contributed by atoms with van der Waals surface area (Å²) in [5.41, 5.74) is 0. The molecule has 0 saturated heterocycles. The molecule has 0 aromatic heterocycles. The van der Waals surface area contributed by atoms with Crippen LogP contribution in [0.5, 0.6) is 0 Å². The first-order valence-corrected chi connectivity index (χ1v) is 14.4. The lowest BCUT2D eigenvalue weighted by molar-refractivity contribution is -0.141. The molecule has 0 radical (unpaired) electrons. The fourth-order valence-electron chi connectivity index (χ4n) is 3.93. The molecule has 1 N–H and O–H groups in total. The van der Waals surface area contributed by atoms with Gasteiger partial charge in [0.25, 0.3) is 8.32 Å². The molecule has 33 heavy (non-hydrogen) atoms. The molecule has 0 fully saturated rings. The number of nitrogens with one attached hydrogen (secondary N) is 1. The molecule has 0 aliphatic rings. The molecule has 0 saturated carbocycles. The zero-order chi connectivity index (χ0) is 24.9. The number of benzene rings is 2. The van der Waals surface area contributed by atoms with Gasteiger partial charge in [-0.1, -0.05) is 81.4 Å². The SMILES string of the molecule is COC(=O)C[C@H](N[S@](=O)C(C)(C)C)[C@H](C)O[Si](c1ccccc1)(c1ccccc1)C(C)(C)C. The van der Waals surface area contributed by atoms with Crippen molar-refractivity contribution in [3.63, 3.8) is 0 Å². The highest BCUT2D eigenvalue weighted by atomic mass is 32.2. The number of carbonyl (C=O) groups excluding carboxylic acids is 1. The average Bonchev–Trinajstić information content (AvgIpc) is 2.76. The van der Waals surface area contributed by atoms with Gasteiger partial charge < -0.3 is 9.16 Å². The molecule has 2 rings (SSSR count). The van der Waals surface area contributed by atoms with Gasteiger partial charge in [0.2, 0.25) is 0 Å². The van der Waals surface area contributed by atoms with Gasteiger partial charge in [0.15, 0.2) is 0 Å². The number of esters is 1. The summed E-state index contributed by atoms with van der Waals surface area (Å²) in [5.74, 6) is -0.365. The Kier molecular flexibility index (Phi) is 9.21. The summed E-state index contributed by atoms with van der Waals surface area (Å²) in [6.07, 6.45) is -0.334. The summed E-state index contributed by atoms with van der Waals surface area (Å²) < 4.78 is 27.7. The summed E-state index contributed by atoms with van der Waals surface area (Å²) in [6.45, 7) is 14.3. The van der Waals surface area contributed by atoms with Crippen LogP contribution in [0.2, 0.25) is 5.04 Å². The van der Waals surface area contributed by atoms with Crippen LogP contribution < -0.4 is 15.1 Å². The van der Waals surface area contributed by atoms with Crippen molar-refractivity contribution in [1.29, 1.82) is 0 Å². The Morgan fingerprint density at radius 1 is 0.939 bits per heavy atom. The Morgan fingerprint density at radius 3 is 1.76 bits per heavy atom. The lowest BCUT2D eigenvalue weighted by Crippen LogP contribution is -2.68. The van der Waals surface area contributed by atoms with Gasteiger partial charge in [-0.15, -0.1) is 0 Å². The van der Waals surface area contributed by atoms with Crippen LogP contribution in [0.25, 0.3) is 0 Å². The van der Waals surface area contributed by atoms with E-state index in [9.17, 15) is 9.00 Å². The Morgan fingerprint density at radius 2 is 1.39 bits per heavy atom. The second kappa shape index (κ2) is 11.1. The second-order valence-corrected chi connectivity index (χ2v) is 16.6. The molecule has 0 bridgehead atoms. The van der Waals surface area contributed by atoms with Gasteiger partial charge in [0, 0.05) is 0 Å². The summed E-state index contributed by atoms with van der Waals surface area (Å²) >= 11 is 0. The van der Waals surface area contributed by atoms with Gasteiger partial charge in [-0.25, -0.2) is 8.93 Å². The maximum Gasteiger partial charge on any atom is 0.307 e. The third-order valence-electron chi connectivity index (χ3n) is 5.77. The van der Waals surface area contributed by atoms with Crippen molar-refractivity contribution in [1.82, 2.24) is 4.72 Å². The minimum absolute atomic E-state index is 0.0672. The molecule has 0 heterocycles. The van der Waals surface area contributed by atoms with Gasteiger partial charge in [-0.05, 0) is 43.1 Å². The van der Waals surface area contributed by atoms with E-state index in [1.165, 1.54) is 7.11 Å². The fourth-order valence-corrected chi connectivity index (χ4v) is 9.57. The molecule has 0 amide bonds. The first-order chi connectivity index (χ1) is 15.3. The van der Waals surface area contributed by atoms with Crippen LogP contribution in [0.4, 0.5) is 0 Å². The van der Waals surface area contributed by atoms with E-state index < -0.39 is 36.2 Å². The standard InChI is InChI=1S/C26H39NO4SSi/c1-20(23(19-24(28)30-8)27-32(29)25(2,3)4)31-33(26(5,6)7,21-15-11-9-12-16-21)22-17-13-10-14-18-22/h9-18,20,23,27H,19H2,1-8H3/t20-,23-,32+/m0/s1. The normalized spacial score (nSPS) is 15.5. The highest BCUT2D eigenvalue weighted by Gasteiger charge is 2.51. The lowest BCUT2D eigenvalue weighted by Gasteiger charge is -2.46. The maximum atomic E-state index is 13.0. The zero-order valence-electron chi connectivity index (χ0n) is 21.2. The van der Waals surface area contributed by atoms with E-state index in [1.807, 2.05) is 64.1 Å². The van der Waals surface area contributed by atoms with Crippen molar-refractivity contribution in [2.24, 2.45) is 0 Å². The van der Waals surface area contributed by atoms with E-state index in [1.54, 1.807) is 0 Å². The fraction of sp³-hybridized carbons (Fsp3) is 0.500. The first kappa shape index (κ1) is 27.4. The van der Waals surface area contributed by atoms with E-state index in [0.717, 1.165) is 10.4 Å². The first-order valence-electron chi connectivity index (χ1n) is 11.4. The monoisotopic (exact) mass is 489 g/mol. The summed E-state index contributed by atoms with van der Waals surface area (Å²) in [6, 6.07) is 20.2. The maximum absolute atomic E-state index is 13.0. The quantitative estimate of drug-likeness (QED) is 0.428. The van der Waals surface area contributed by atoms with Crippen LogP contribution in [-0.2, 0) is 24.9 Å². The van der Waals surface area contributed by atoms with Gasteiger partial charge in [-0.2, -0.15) is 0 Å². The molecule has 0 aliphatic carbocycles. The lowest BCUT2D eigenvalue weighted by atomic mass is 10.1. The van der Waals surface area contributed by atoms with Crippen LogP contribution in [0.1, 0.15) is 54.9 Å². The average molecular weight is 490 g/mol. The minimum atomic E-state index is -2.82. The van der Waals surface area contributed by atoms with Gasteiger partial charge in [0.05, 0.1) is 41.4 Å². The molecular weight excluding hydrogens is 450 g/mol. The van der Waals surface area contributed by atoms with Crippen molar-refractivity contribution in [2.45, 2.75) is 76.8 Å². The predicted octanol–water partition coefficient (Wildman–Crippen LogP) is 3.94. The molecule has 2 aromatic rings. The summed E-state index contributed by atoms with van der Waals surface area (Å²) in [4.78, 5) is 12.3. The highest BCUT2D eigenvalue weighted by molar-refractivity contribution is 7.84. The molecular formula is C26H39NO4SSi. The van der Waals surface area contributed by atoms with E-state index in [2.05, 4.69) is 49.8 Å². The van der Waals surface area contributed by atoms with Gasteiger partial charge in [-0.3, -0.25) is 4.79 Å². The predicted molar refractivity (Wildman–Crippen MR) is 140 cm³/mol. The van der Waals surface area contributed by atoms with Crippen molar-refractivity contribution < 1.29 is 18.2 Å². The highest BCUT2D eigenvalue weighted by Crippen LogP contribution is 2.38. The van der Waals surface area contributed by atoms with Crippen LogP contribution in [0, 0.1) is 0 Å². The smallest absolute Gasteiger partial charge is 0.307 e. The molecule has 182 valence electrons. The van der Waals surface area contributed by atoms with Gasteiger partial charge in [0.1, 0.15) is 0 Å². The molecule has 0 aliphatic heterocycles. The Labute approximate surface area is 203 Å². The van der Waals surface area contributed by atoms with Crippen LogP contribution in [0.15, 0.2) is 60.7 Å².